The molecule has 0 atom stereocenters. The number of ether oxygens (including phenoxy) is 1. The van der Waals surface area contributed by atoms with Crippen LogP contribution in [0.3, 0.4) is 0 Å². The molecule has 0 unspecified atom stereocenters. The maximum Gasteiger partial charge on any atom is 0.335 e. The fourth-order valence-electron chi connectivity index (χ4n) is 2.15. The first-order chi connectivity index (χ1) is 10.5. The summed E-state index contributed by atoms with van der Waals surface area (Å²) in [6, 6.07) is 9.89. The van der Waals surface area contributed by atoms with E-state index >= 15 is 0 Å². The van der Waals surface area contributed by atoms with Gasteiger partial charge in [0.15, 0.2) is 18.2 Å². The first-order valence-electron chi connectivity index (χ1n) is 6.46. The average molecular weight is 363 g/mol. The zero-order chi connectivity index (χ0) is 15.7. The van der Waals surface area contributed by atoms with Gasteiger partial charge in [-0.2, -0.15) is 0 Å². The number of carbonyl (C=O) groups excluding carboxylic acids is 1. The molecule has 3 rings (SSSR count). The molecule has 1 aliphatic heterocycles. The largest absolute Gasteiger partial charge is 0.480 e. The van der Waals surface area contributed by atoms with Crippen LogP contribution in [0, 0.1) is 0 Å². The molecule has 0 saturated heterocycles. The van der Waals surface area contributed by atoms with E-state index in [4.69, 9.17) is 9.84 Å². The van der Waals surface area contributed by atoms with Gasteiger partial charge in [-0.15, -0.1) is 0 Å². The minimum atomic E-state index is -0.982. The Morgan fingerprint density at radius 1 is 1.27 bits per heavy atom. The van der Waals surface area contributed by atoms with Crippen LogP contribution in [0.25, 0.3) is 0 Å². The zero-order valence-electron chi connectivity index (χ0n) is 11.3. The summed E-state index contributed by atoms with van der Waals surface area (Å²) in [5.74, 6) is -0.178. The Labute approximate surface area is 134 Å². The van der Waals surface area contributed by atoms with Gasteiger partial charge in [-0.3, -0.25) is 9.69 Å². The van der Waals surface area contributed by atoms with Crippen LogP contribution in [0.2, 0.25) is 0 Å². The Bertz CT molecular complexity index is 746. The summed E-state index contributed by atoms with van der Waals surface area (Å²) in [5, 5.41) is 8.90. The van der Waals surface area contributed by atoms with Crippen LogP contribution in [-0.2, 0) is 11.3 Å². The molecule has 0 spiro atoms. The van der Waals surface area contributed by atoms with E-state index in [2.05, 4.69) is 20.9 Å². The third-order valence-electron chi connectivity index (χ3n) is 3.25. The van der Waals surface area contributed by atoms with Crippen LogP contribution in [-0.4, -0.2) is 28.6 Å². The lowest BCUT2D eigenvalue weighted by Gasteiger charge is -2.28. The quantitative estimate of drug-likeness (QED) is 0.848. The summed E-state index contributed by atoms with van der Waals surface area (Å²) >= 11 is 3.28. The number of hydrogen-bond donors (Lipinski definition) is 1. The van der Waals surface area contributed by atoms with Crippen molar-refractivity contribution in [3.8, 4) is 5.75 Å². The molecule has 7 heteroatoms. The molecule has 0 aliphatic carbocycles. The molecule has 0 bridgehead atoms. The number of carboxylic acid groups (broad SMARTS) is 1. The molecule has 1 aromatic carbocycles. The Morgan fingerprint density at radius 2 is 2.00 bits per heavy atom. The molecule has 0 radical (unpaired) electrons. The Morgan fingerprint density at radius 3 is 2.68 bits per heavy atom. The molecule has 0 fully saturated rings. The van der Waals surface area contributed by atoms with Gasteiger partial charge in [-0.25, -0.2) is 9.78 Å². The van der Waals surface area contributed by atoms with Crippen LogP contribution in [0.5, 0.6) is 5.75 Å². The average Bonchev–Trinajstić information content (AvgIpc) is 2.51. The summed E-state index contributed by atoms with van der Waals surface area (Å²) in [6.45, 7) is 0.266. The van der Waals surface area contributed by atoms with Crippen molar-refractivity contribution in [1.82, 2.24) is 4.98 Å². The number of aromatic carboxylic acids is 1. The number of nitrogens with zero attached hydrogens (tertiary/aromatic N) is 2. The highest BCUT2D eigenvalue weighted by atomic mass is 79.9. The van der Waals surface area contributed by atoms with E-state index in [0.29, 0.717) is 22.7 Å². The molecular formula is C15H11BrN2O4. The highest BCUT2D eigenvalue weighted by Gasteiger charge is 2.27. The van der Waals surface area contributed by atoms with E-state index in [9.17, 15) is 9.59 Å². The number of amides is 1. The summed E-state index contributed by atoms with van der Waals surface area (Å²) < 4.78 is 5.96. The number of fused-ring (bicyclic) bond motifs is 1. The number of hydrogen-bond acceptors (Lipinski definition) is 4. The van der Waals surface area contributed by atoms with Crippen LogP contribution < -0.4 is 9.64 Å². The lowest BCUT2D eigenvalue weighted by Crippen LogP contribution is -2.38. The number of anilines is 1. The van der Waals surface area contributed by atoms with E-state index in [0.717, 1.165) is 5.56 Å². The molecule has 1 amide bonds. The number of benzene rings is 1. The van der Waals surface area contributed by atoms with Crippen LogP contribution in [0.1, 0.15) is 15.9 Å². The van der Waals surface area contributed by atoms with Crippen molar-refractivity contribution in [2.45, 2.75) is 6.54 Å². The molecule has 112 valence electrons. The molecule has 6 nitrogen and oxygen atoms in total. The maximum absolute atomic E-state index is 12.1. The number of carboxylic acids is 1. The lowest BCUT2D eigenvalue weighted by atomic mass is 10.1. The topological polar surface area (TPSA) is 79.7 Å². The summed E-state index contributed by atoms with van der Waals surface area (Å²) in [7, 11) is 0. The normalized spacial score (nSPS) is 13.5. The van der Waals surface area contributed by atoms with E-state index in [-0.39, 0.29) is 18.1 Å². The minimum absolute atomic E-state index is 0.0382. The van der Waals surface area contributed by atoms with Crippen molar-refractivity contribution in [1.29, 1.82) is 0 Å². The van der Waals surface area contributed by atoms with Gasteiger partial charge < -0.3 is 9.84 Å². The second-order valence-corrected chi connectivity index (χ2v) is 5.54. The van der Waals surface area contributed by atoms with E-state index in [1.807, 2.05) is 0 Å². The van der Waals surface area contributed by atoms with Crippen LogP contribution in [0.4, 0.5) is 5.82 Å². The lowest BCUT2D eigenvalue weighted by molar-refractivity contribution is -0.121. The third-order valence-corrected chi connectivity index (χ3v) is 3.70. The highest BCUT2D eigenvalue weighted by molar-refractivity contribution is 9.10. The van der Waals surface area contributed by atoms with Gasteiger partial charge in [0.2, 0.25) is 0 Å². The second-order valence-electron chi connectivity index (χ2n) is 4.73. The van der Waals surface area contributed by atoms with Crippen molar-refractivity contribution < 1.29 is 19.4 Å². The van der Waals surface area contributed by atoms with Gasteiger partial charge >= 0.3 is 5.97 Å². The molecule has 2 heterocycles. The molecular weight excluding hydrogens is 352 g/mol. The van der Waals surface area contributed by atoms with Crippen molar-refractivity contribution in [3.05, 3.63) is 52.1 Å². The predicted molar refractivity (Wildman–Crippen MR) is 82.0 cm³/mol. The number of carbonyl (C=O) groups is 2. The third kappa shape index (κ3) is 2.80. The smallest absolute Gasteiger partial charge is 0.335 e. The first-order valence-corrected chi connectivity index (χ1v) is 7.26. The van der Waals surface area contributed by atoms with Crippen molar-refractivity contribution in [2.24, 2.45) is 0 Å². The summed E-state index contributed by atoms with van der Waals surface area (Å²) in [4.78, 5) is 28.8. The maximum atomic E-state index is 12.1. The van der Waals surface area contributed by atoms with Gasteiger partial charge in [-0.05, 0) is 45.8 Å². The van der Waals surface area contributed by atoms with Gasteiger partial charge in [0, 0.05) is 0 Å². The summed E-state index contributed by atoms with van der Waals surface area (Å²) in [5.41, 5.74) is 1.02. The first kappa shape index (κ1) is 14.5. The molecule has 1 N–H and O–H groups in total. The zero-order valence-corrected chi connectivity index (χ0v) is 12.9. The Hall–Kier alpha value is -2.41. The predicted octanol–water partition coefficient (Wildman–Crippen LogP) is 2.47. The standard InChI is InChI=1S/C15H11BrN2O4/c16-12-6-5-11-14(17-12)18(13(19)8-22-11)7-9-1-3-10(4-2-9)15(20)21/h1-6H,7-8H2,(H,20,21). The minimum Gasteiger partial charge on any atom is -0.480 e. The summed E-state index contributed by atoms with van der Waals surface area (Å²) in [6.07, 6.45) is 0. The van der Waals surface area contributed by atoms with Crippen LogP contribution >= 0.6 is 15.9 Å². The van der Waals surface area contributed by atoms with Crippen LogP contribution in [0.15, 0.2) is 41.0 Å². The second kappa shape index (κ2) is 5.76. The van der Waals surface area contributed by atoms with Gasteiger partial charge in [0.1, 0.15) is 4.60 Å². The van der Waals surface area contributed by atoms with Crippen molar-refractivity contribution in [2.75, 3.05) is 11.5 Å². The Balaban J connectivity index is 1.90. The highest BCUT2D eigenvalue weighted by Crippen LogP contribution is 2.32. The number of pyridine rings is 1. The molecule has 0 saturated carbocycles. The fourth-order valence-corrected chi connectivity index (χ4v) is 2.45. The number of rotatable bonds is 3. The molecule has 22 heavy (non-hydrogen) atoms. The monoisotopic (exact) mass is 362 g/mol. The van der Waals surface area contributed by atoms with Gasteiger partial charge in [0.25, 0.3) is 5.91 Å². The van der Waals surface area contributed by atoms with Gasteiger partial charge in [0.05, 0.1) is 12.1 Å². The van der Waals surface area contributed by atoms with E-state index < -0.39 is 5.97 Å². The van der Waals surface area contributed by atoms with E-state index in [1.165, 1.54) is 17.0 Å². The fraction of sp³-hybridized carbons (Fsp3) is 0.133. The molecule has 1 aliphatic rings. The van der Waals surface area contributed by atoms with Crippen molar-refractivity contribution >= 4 is 33.6 Å². The molecule has 1 aromatic heterocycles. The van der Waals surface area contributed by atoms with Gasteiger partial charge in [-0.1, -0.05) is 12.1 Å². The SMILES string of the molecule is O=C(O)c1ccc(CN2C(=O)COc3ccc(Br)nc32)cc1. The Kier molecular flexibility index (Phi) is 3.81. The number of aromatic nitrogens is 1. The number of halogens is 1. The van der Waals surface area contributed by atoms with E-state index in [1.54, 1.807) is 24.3 Å². The molecule has 2 aromatic rings. The van der Waals surface area contributed by atoms with Crippen molar-refractivity contribution in [3.63, 3.8) is 0 Å².